The van der Waals surface area contributed by atoms with Crippen LogP contribution in [0.3, 0.4) is 0 Å². The van der Waals surface area contributed by atoms with Gasteiger partial charge in [0.15, 0.2) is 0 Å². The Morgan fingerprint density at radius 3 is 2.37 bits per heavy atom. The normalized spacial score (nSPS) is 17.6. The number of hydrogen-bond acceptors (Lipinski definition) is 4. The zero-order valence-electron chi connectivity index (χ0n) is 23.2. The summed E-state index contributed by atoms with van der Waals surface area (Å²) in [6.45, 7) is 8.22. The van der Waals surface area contributed by atoms with Gasteiger partial charge >= 0.3 is 0 Å². The van der Waals surface area contributed by atoms with Crippen molar-refractivity contribution >= 4 is 11.6 Å². The van der Waals surface area contributed by atoms with E-state index in [0.29, 0.717) is 24.6 Å². The topological polar surface area (TPSA) is 36.0 Å². The van der Waals surface area contributed by atoms with Crippen molar-refractivity contribution in [3.63, 3.8) is 0 Å². The Kier molecular flexibility index (Phi) is 9.05. The molecule has 0 radical (unpaired) electrons. The lowest BCUT2D eigenvalue weighted by atomic mass is 9.88. The summed E-state index contributed by atoms with van der Waals surface area (Å²) < 4.78 is 19.1. The molecular weight excluding hydrogens is 477 g/mol. The summed E-state index contributed by atoms with van der Waals surface area (Å²) in [5.41, 5.74) is 4.23. The van der Waals surface area contributed by atoms with Crippen LogP contribution in [0.1, 0.15) is 41.3 Å². The molecule has 1 aliphatic heterocycles. The molecule has 5 nitrogen and oxygen atoms in total. The first kappa shape index (κ1) is 27.6. The van der Waals surface area contributed by atoms with Gasteiger partial charge in [0.1, 0.15) is 11.6 Å². The van der Waals surface area contributed by atoms with E-state index in [1.54, 1.807) is 19.2 Å². The van der Waals surface area contributed by atoms with Gasteiger partial charge in [-0.2, -0.15) is 0 Å². The van der Waals surface area contributed by atoms with Crippen LogP contribution in [0.15, 0.2) is 72.8 Å². The van der Waals surface area contributed by atoms with E-state index in [4.69, 9.17) is 4.74 Å². The number of hydrogen-bond donors (Lipinski definition) is 0. The molecule has 0 N–H and O–H groups in total. The summed E-state index contributed by atoms with van der Waals surface area (Å²) >= 11 is 0. The number of likely N-dealkylation sites (tertiary alicyclic amines) is 1. The molecule has 0 aromatic heterocycles. The molecule has 0 unspecified atom stereocenters. The zero-order chi connectivity index (χ0) is 27.2. The molecule has 0 aliphatic carbocycles. The maximum atomic E-state index is 13.5. The highest BCUT2D eigenvalue weighted by Gasteiger charge is 2.36. The number of methoxy groups -OCH3 is 1. The van der Waals surface area contributed by atoms with Gasteiger partial charge in [0.2, 0.25) is 0 Å². The average Bonchev–Trinajstić information content (AvgIpc) is 3.30. The maximum absolute atomic E-state index is 13.5. The zero-order valence-corrected chi connectivity index (χ0v) is 23.2. The molecular formula is C32H40FN3O2. The number of carbonyl (C=O) groups excluding carboxylic acids is 1. The minimum Gasteiger partial charge on any atom is -0.497 e. The van der Waals surface area contributed by atoms with Gasteiger partial charge in [-0.3, -0.25) is 9.69 Å². The number of carbonyl (C=O) groups is 1. The van der Waals surface area contributed by atoms with Gasteiger partial charge in [-0.25, -0.2) is 4.39 Å². The lowest BCUT2D eigenvalue weighted by molar-refractivity contribution is 0.0703. The predicted molar refractivity (Wildman–Crippen MR) is 152 cm³/mol. The minimum absolute atomic E-state index is 0.0409. The van der Waals surface area contributed by atoms with Gasteiger partial charge in [-0.15, -0.1) is 0 Å². The third-order valence-electron chi connectivity index (χ3n) is 7.32. The summed E-state index contributed by atoms with van der Waals surface area (Å²) in [5.74, 6) is 1.32. The van der Waals surface area contributed by atoms with Crippen LogP contribution in [0.5, 0.6) is 5.75 Å². The Bertz CT molecular complexity index is 1190. The van der Waals surface area contributed by atoms with Crippen molar-refractivity contribution in [1.29, 1.82) is 0 Å². The summed E-state index contributed by atoms with van der Waals surface area (Å²) in [7, 11) is 5.80. The van der Waals surface area contributed by atoms with Gasteiger partial charge in [-0.05, 0) is 71.5 Å². The van der Waals surface area contributed by atoms with E-state index in [1.165, 1.54) is 28.9 Å². The molecule has 3 aromatic rings. The molecule has 0 bridgehead atoms. The molecule has 1 fully saturated rings. The second-order valence-corrected chi connectivity index (χ2v) is 11.0. The van der Waals surface area contributed by atoms with Crippen molar-refractivity contribution in [2.75, 3.05) is 52.3 Å². The second kappa shape index (κ2) is 12.4. The van der Waals surface area contributed by atoms with E-state index < -0.39 is 0 Å². The third kappa shape index (κ3) is 6.93. The van der Waals surface area contributed by atoms with E-state index in [2.05, 4.69) is 74.1 Å². The van der Waals surface area contributed by atoms with Gasteiger partial charge in [0.05, 0.1) is 7.11 Å². The highest BCUT2D eigenvalue weighted by Crippen LogP contribution is 2.36. The van der Waals surface area contributed by atoms with Crippen LogP contribution >= 0.6 is 0 Å². The van der Waals surface area contributed by atoms with E-state index >= 15 is 0 Å². The maximum Gasteiger partial charge on any atom is 0.253 e. The molecule has 0 spiro atoms. The molecule has 202 valence electrons. The Labute approximate surface area is 226 Å². The smallest absolute Gasteiger partial charge is 0.253 e. The summed E-state index contributed by atoms with van der Waals surface area (Å²) in [6.07, 6.45) is 0. The molecule has 0 saturated carbocycles. The van der Waals surface area contributed by atoms with Crippen LogP contribution in [0.2, 0.25) is 0 Å². The summed E-state index contributed by atoms with van der Waals surface area (Å²) in [4.78, 5) is 20.1. The number of rotatable bonds is 10. The van der Waals surface area contributed by atoms with Crippen LogP contribution in [0.25, 0.3) is 0 Å². The fraction of sp³-hybridized carbons (Fsp3) is 0.406. The van der Waals surface area contributed by atoms with E-state index in [0.717, 1.165) is 25.4 Å². The Morgan fingerprint density at radius 1 is 1.03 bits per heavy atom. The fourth-order valence-electron chi connectivity index (χ4n) is 5.42. The van der Waals surface area contributed by atoms with Crippen molar-refractivity contribution in [2.45, 2.75) is 26.3 Å². The first-order chi connectivity index (χ1) is 18.2. The van der Waals surface area contributed by atoms with E-state index in [1.807, 2.05) is 17.0 Å². The lowest BCUT2D eigenvalue weighted by Crippen LogP contribution is -2.39. The average molecular weight is 518 g/mol. The molecule has 1 amide bonds. The van der Waals surface area contributed by atoms with Crippen LogP contribution in [0.4, 0.5) is 10.1 Å². The minimum atomic E-state index is -0.333. The number of benzene rings is 3. The van der Waals surface area contributed by atoms with Crippen LogP contribution in [0, 0.1) is 17.7 Å². The van der Waals surface area contributed by atoms with E-state index in [9.17, 15) is 9.18 Å². The Morgan fingerprint density at radius 2 is 1.74 bits per heavy atom. The molecule has 2 atom stereocenters. The van der Waals surface area contributed by atoms with Crippen molar-refractivity contribution < 1.29 is 13.9 Å². The SMILES string of the molecule is COc1cccc([C@@H]2CN(Cc3ccc(N(C)C)cc3)C[C@H]2CN(CC(C)C)C(=O)c2ccc(F)cc2)c1. The number of ether oxygens (including phenoxy) is 1. The standard InChI is InChI=1S/C32H40FN3O2/c1-23(2)18-36(32(37)25-11-13-28(33)14-12-25)21-27-20-35(19-24-9-15-29(16-10-24)34(3)4)22-31(27)26-7-6-8-30(17-26)38-5/h6-17,23,27,31H,18-22H2,1-5H3/t27-,31-/m0/s1. The highest BCUT2D eigenvalue weighted by molar-refractivity contribution is 5.94. The number of nitrogens with zero attached hydrogens (tertiary/aromatic N) is 3. The third-order valence-corrected chi connectivity index (χ3v) is 7.32. The monoisotopic (exact) mass is 517 g/mol. The molecule has 3 aromatic carbocycles. The van der Waals surface area contributed by atoms with Crippen LogP contribution in [-0.4, -0.2) is 63.1 Å². The first-order valence-electron chi connectivity index (χ1n) is 13.4. The quantitative estimate of drug-likeness (QED) is 0.335. The van der Waals surface area contributed by atoms with Crippen molar-refractivity contribution in [2.24, 2.45) is 11.8 Å². The molecule has 1 saturated heterocycles. The summed E-state index contributed by atoms with van der Waals surface area (Å²) in [5, 5.41) is 0. The first-order valence-corrected chi connectivity index (χ1v) is 13.4. The van der Waals surface area contributed by atoms with Crippen LogP contribution < -0.4 is 9.64 Å². The van der Waals surface area contributed by atoms with Crippen molar-refractivity contribution in [1.82, 2.24) is 9.80 Å². The summed E-state index contributed by atoms with van der Waals surface area (Å²) in [6, 6.07) is 22.9. The second-order valence-electron chi connectivity index (χ2n) is 11.0. The van der Waals surface area contributed by atoms with Crippen molar-refractivity contribution in [3.8, 4) is 5.75 Å². The van der Waals surface area contributed by atoms with Gasteiger partial charge in [0.25, 0.3) is 5.91 Å². The van der Waals surface area contributed by atoms with Gasteiger partial charge in [0, 0.05) is 64.0 Å². The number of anilines is 1. The van der Waals surface area contributed by atoms with Gasteiger partial charge < -0.3 is 14.5 Å². The number of amides is 1. The molecule has 1 heterocycles. The van der Waals surface area contributed by atoms with Crippen LogP contribution in [-0.2, 0) is 6.54 Å². The molecule has 6 heteroatoms. The van der Waals surface area contributed by atoms with Crippen molar-refractivity contribution in [3.05, 3.63) is 95.3 Å². The molecule has 1 aliphatic rings. The fourth-order valence-corrected chi connectivity index (χ4v) is 5.42. The predicted octanol–water partition coefficient (Wildman–Crippen LogP) is 5.91. The van der Waals surface area contributed by atoms with Gasteiger partial charge in [-0.1, -0.05) is 38.1 Å². The molecule has 38 heavy (non-hydrogen) atoms. The van der Waals surface area contributed by atoms with E-state index in [-0.39, 0.29) is 23.6 Å². The Balaban J connectivity index is 1.58. The largest absolute Gasteiger partial charge is 0.497 e. The number of halogens is 1. The lowest BCUT2D eigenvalue weighted by Gasteiger charge is -2.30. The Hall–Kier alpha value is -3.38. The molecule has 4 rings (SSSR count). The highest BCUT2D eigenvalue weighted by atomic mass is 19.1.